The van der Waals surface area contributed by atoms with Crippen molar-refractivity contribution in [2.24, 2.45) is 0 Å². The molecule has 2 N–H and O–H groups in total. The van der Waals surface area contributed by atoms with Crippen molar-refractivity contribution < 1.29 is 14.4 Å². The van der Waals surface area contributed by atoms with Gasteiger partial charge in [0.25, 0.3) is 5.82 Å². The molecule has 6 nitrogen and oxygen atoms in total. The lowest BCUT2D eigenvalue weighted by molar-refractivity contribution is 0.0680. The molecule has 0 aliphatic rings. The highest BCUT2D eigenvalue weighted by Crippen LogP contribution is 2.12. The number of rotatable bonds is 5. The zero-order valence-electron chi connectivity index (χ0n) is 9.88. The van der Waals surface area contributed by atoms with Gasteiger partial charge < -0.3 is 14.9 Å². The molecule has 0 saturated heterocycles. The highest BCUT2D eigenvalue weighted by atomic mass is 16.5. The van der Waals surface area contributed by atoms with Crippen LogP contribution in [0.4, 0.5) is 5.69 Å². The molecule has 2 aromatic rings. The molecule has 94 valence electrons. The van der Waals surface area contributed by atoms with Crippen LogP contribution >= 0.6 is 0 Å². The molecule has 1 heterocycles. The fraction of sp³-hybridized carbons (Fsp3) is 0.250. The number of hydrogen-bond donors (Lipinski definition) is 2. The number of aryl methyl sites for hydroxylation is 1. The molecule has 0 radical (unpaired) electrons. The maximum atomic E-state index is 10.6. The molecule has 0 fully saturated rings. The van der Waals surface area contributed by atoms with Crippen molar-refractivity contribution >= 4 is 11.7 Å². The Hall–Kier alpha value is -2.37. The number of para-hydroxylation sites is 1. The third-order valence-electron chi connectivity index (χ3n) is 2.46. The van der Waals surface area contributed by atoms with Gasteiger partial charge in [-0.2, -0.15) is 4.98 Å². The number of anilines is 1. The third kappa shape index (κ3) is 2.85. The van der Waals surface area contributed by atoms with Gasteiger partial charge >= 0.3 is 5.97 Å². The molecule has 0 aliphatic heterocycles. The number of carboxylic acids is 1. The van der Waals surface area contributed by atoms with E-state index in [-0.39, 0.29) is 5.82 Å². The zero-order chi connectivity index (χ0) is 13.0. The fourth-order valence-corrected chi connectivity index (χ4v) is 1.52. The van der Waals surface area contributed by atoms with Gasteiger partial charge in [0.05, 0.1) is 0 Å². The topological polar surface area (TPSA) is 88.2 Å². The molecule has 0 aliphatic carbocycles. The lowest BCUT2D eigenvalue weighted by Gasteiger charge is -2.07. The van der Waals surface area contributed by atoms with Crippen molar-refractivity contribution in [1.29, 1.82) is 0 Å². The Morgan fingerprint density at radius 1 is 1.44 bits per heavy atom. The minimum absolute atomic E-state index is 0.305. The number of benzene rings is 1. The van der Waals surface area contributed by atoms with E-state index in [1.807, 2.05) is 31.2 Å². The summed E-state index contributed by atoms with van der Waals surface area (Å²) in [5.41, 5.74) is 2.18. The molecule has 0 spiro atoms. The molecule has 0 bridgehead atoms. The van der Waals surface area contributed by atoms with Gasteiger partial charge in [0.1, 0.15) is 0 Å². The number of carbonyl (C=O) groups is 1. The van der Waals surface area contributed by atoms with Crippen LogP contribution in [-0.4, -0.2) is 27.8 Å². The van der Waals surface area contributed by atoms with E-state index in [2.05, 4.69) is 15.5 Å². The van der Waals surface area contributed by atoms with E-state index in [1.165, 1.54) is 0 Å². The largest absolute Gasteiger partial charge is 0.475 e. The molecular formula is C12H13N3O3. The Balaban J connectivity index is 1.88. The minimum atomic E-state index is -1.18. The zero-order valence-corrected chi connectivity index (χ0v) is 9.88. The van der Waals surface area contributed by atoms with Gasteiger partial charge in [-0.1, -0.05) is 18.2 Å². The summed E-state index contributed by atoms with van der Waals surface area (Å²) >= 11 is 0. The van der Waals surface area contributed by atoms with E-state index in [9.17, 15) is 4.79 Å². The van der Waals surface area contributed by atoms with E-state index < -0.39 is 5.97 Å². The highest BCUT2D eigenvalue weighted by molar-refractivity contribution is 5.82. The van der Waals surface area contributed by atoms with E-state index in [0.717, 1.165) is 11.3 Å². The Bertz CT molecular complexity index is 551. The Kier molecular flexibility index (Phi) is 3.57. The maximum absolute atomic E-state index is 10.6. The first-order valence-electron chi connectivity index (χ1n) is 5.52. The summed E-state index contributed by atoms with van der Waals surface area (Å²) in [7, 11) is 0. The molecule has 0 amide bonds. The summed E-state index contributed by atoms with van der Waals surface area (Å²) in [6.45, 7) is 2.61. The maximum Gasteiger partial charge on any atom is 0.377 e. The number of carboxylic acid groups (broad SMARTS) is 1. The minimum Gasteiger partial charge on any atom is -0.475 e. The Morgan fingerprint density at radius 2 is 2.22 bits per heavy atom. The van der Waals surface area contributed by atoms with Crippen LogP contribution in [0, 0.1) is 6.92 Å². The highest BCUT2D eigenvalue weighted by Gasteiger charge is 2.12. The van der Waals surface area contributed by atoms with Gasteiger partial charge in [-0.3, -0.25) is 0 Å². The Morgan fingerprint density at radius 3 is 2.89 bits per heavy atom. The van der Waals surface area contributed by atoms with Gasteiger partial charge in [-0.25, -0.2) is 4.79 Å². The van der Waals surface area contributed by atoms with E-state index in [4.69, 9.17) is 9.63 Å². The fourth-order valence-electron chi connectivity index (χ4n) is 1.52. The molecule has 0 unspecified atom stereocenters. The van der Waals surface area contributed by atoms with Gasteiger partial charge in [0.2, 0.25) is 5.89 Å². The normalized spacial score (nSPS) is 10.3. The van der Waals surface area contributed by atoms with Crippen LogP contribution in [0.5, 0.6) is 0 Å². The molecule has 6 heteroatoms. The number of nitrogens with zero attached hydrogens (tertiary/aromatic N) is 2. The van der Waals surface area contributed by atoms with Gasteiger partial charge in [0.15, 0.2) is 0 Å². The second-order valence-corrected chi connectivity index (χ2v) is 3.81. The number of nitrogens with one attached hydrogen (secondary N) is 1. The van der Waals surface area contributed by atoms with Crippen LogP contribution in [0.3, 0.4) is 0 Å². The average Bonchev–Trinajstić information content (AvgIpc) is 2.80. The second kappa shape index (κ2) is 5.31. The van der Waals surface area contributed by atoms with E-state index >= 15 is 0 Å². The van der Waals surface area contributed by atoms with Gasteiger partial charge in [0, 0.05) is 18.7 Å². The summed E-state index contributed by atoms with van der Waals surface area (Å²) in [6, 6.07) is 7.91. The van der Waals surface area contributed by atoms with Crippen LogP contribution in [0.2, 0.25) is 0 Å². The standard InChI is InChI=1S/C12H13N3O3/c1-8-4-2-3-5-9(8)13-7-6-10-14-11(12(16)17)15-18-10/h2-5,13H,6-7H2,1H3,(H,16,17). The lowest BCUT2D eigenvalue weighted by atomic mass is 10.2. The van der Waals surface area contributed by atoms with Crippen molar-refractivity contribution in [2.75, 3.05) is 11.9 Å². The van der Waals surface area contributed by atoms with Crippen molar-refractivity contribution in [3.63, 3.8) is 0 Å². The van der Waals surface area contributed by atoms with Crippen molar-refractivity contribution in [3.05, 3.63) is 41.5 Å². The van der Waals surface area contributed by atoms with Crippen LogP contribution < -0.4 is 5.32 Å². The molecule has 1 aromatic carbocycles. The first kappa shape index (κ1) is 12.1. The van der Waals surface area contributed by atoms with E-state index in [1.54, 1.807) is 0 Å². The molecule has 18 heavy (non-hydrogen) atoms. The molecule has 1 aromatic heterocycles. The molecule has 2 rings (SSSR count). The van der Waals surface area contributed by atoms with Crippen LogP contribution in [0.15, 0.2) is 28.8 Å². The van der Waals surface area contributed by atoms with Crippen LogP contribution in [0.25, 0.3) is 0 Å². The molecule has 0 saturated carbocycles. The predicted octanol–water partition coefficient (Wildman–Crippen LogP) is 1.73. The van der Waals surface area contributed by atoms with Crippen LogP contribution in [0.1, 0.15) is 22.1 Å². The number of aromatic carboxylic acids is 1. The quantitative estimate of drug-likeness (QED) is 0.836. The van der Waals surface area contributed by atoms with E-state index in [0.29, 0.717) is 18.9 Å². The lowest BCUT2D eigenvalue weighted by Crippen LogP contribution is -2.06. The third-order valence-corrected chi connectivity index (χ3v) is 2.46. The van der Waals surface area contributed by atoms with Crippen molar-refractivity contribution in [1.82, 2.24) is 10.1 Å². The number of hydrogen-bond acceptors (Lipinski definition) is 5. The summed E-state index contributed by atoms with van der Waals surface area (Å²) < 4.78 is 4.81. The first-order chi connectivity index (χ1) is 8.66. The average molecular weight is 247 g/mol. The van der Waals surface area contributed by atoms with Gasteiger partial charge in [-0.15, -0.1) is 0 Å². The smallest absolute Gasteiger partial charge is 0.377 e. The summed E-state index contributed by atoms with van der Waals surface area (Å²) in [4.78, 5) is 14.3. The summed E-state index contributed by atoms with van der Waals surface area (Å²) in [6.07, 6.45) is 0.481. The first-order valence-corrected chi connectivity index (χ1v) is 5.52. The molecular weight excluding hydrogens is 234 g/mol. The Labute approximate surface area is 104 Å². The summed E-state index contributed by atoms with van der Waals surface area (Å²) in [5, 5.41) is 15.2. The van der Waals surface area contributed by atoms with Gasteiger partial charge in [-0.05, 0) is 23.7 Å². The molecule has 0 atom stereocenters. The predicted molar refractivity (Wildman–Crippen MR) is 64.6 cm³/mol. The van der Waals surface area contributed by atoms with Crippen LogP contribution in [-0.2, 0) is 6.42 Å². The SMILES string of the molecule is Cc1ccccc1NCCc1nc(C(=O)O)no1. The van der Waals surface area contributed by atoms with Crippen molar-refractivity contribution in [2.45, 2.75) is 13.3 Å². The number of aromatic nitrogens is 2. The van der Waals surface area contributed by atoms with Crippen molar-refractivity contribution in [3.8, 4) is 0 Å². The second-order valence-electron chi connectivity index (χ2n) is 3.81. The summed E-state index contributed by atoms with van der Waals surface area (Å²) in [5.74, 6) is -1.17. The monoisotopic (exact) mass is 247 g/mol.